The molecule has 3 aromatic heterocycles. The van der Waals surface area contributed by atoms with Crippen molar-refractivity contribution < 1.29 is 4.98 Å². The molecule has 4 rings (SSSR count). The van der Waals surface area contributed by atoms with Crippen LogP contribution in [-0.2, 0) is 0 Å². The van der Waals surface area contributed by atoms with Crippen molar-refractivity contribution in [3.8, 4) is 0 Å². The van der Waals surface area contributed by atoms with Gasteiger partial charge < -0.3 is 0 Å². The lowest BCUT2D eigenvalue weighted by Crippen LogP contribution is -2.22. The van der Waals surface area contributed by atoms with Crippen LogP contribution in [0.4, 0.5) is 0 Å². The smallest absolute Gasteiger partial charge is 0.267 e. The molecule has 1 aromatic carbocycles. The quantitative estimate of drug-likeness (QED) is 0.539. The minimum absolute atomic E-state index is 0.00131. The number of rotatable bonds is 1. The molecule has 4 aromatic rings. The zero-order valence-electron chi connectivity index (χ0n) is 12.3. The number of aryl methyl sites for hydroxylation is 2. The summed E-state index contributed by atoms with van der Waals surface area (Å²) in [5.41, 5.74) is 5.13. The van der Waals surface area contributed by atoms with Crippen molar-refractivity contribution in [3.05, 3.63) is 68.2 Å². The first-order valence-electron chi connectivity index (χ1n) is 7.03. The van der Waals surface area contributed by atoms with Crippen LogP contribution in [0.5, 0.6) is 0 Å². The lowest BCUT2D eigenvalue weighted by atomic mass is 10.1. The number of H-pyrrole nitrogens is 1. The first-order valence-corrected chi connectivity index (χ1v) is 7.85. The fourth-order valence-electron chi connectivity index (χ4n) is 2.57. The summed E-state index contributed by atoms with van der Waals surface area (Å²) in [5.74, 6) is 0. The van der Waals surface area contributed by atoms with Crippen LogP contribution in [0, 0.1) is 13.8 Å². The molecule has 0 aliphatic heterocycles. The number of hydrogen-bond acceptors (Lipinski definition) is 3. The zero-order valence-corrected chi connectivity index (χ0v) is 13.1. The molecule has 22 heavy (non-hydrogen) atoms. The van der Waals surface area contributed by atoms with Gasteiger partial charge in [0.15, 0.2) is 17.4 Å². The van der Waals surface area contributed by atoms with Crippen molar-refractivity contribution in [2.45, 2.75) is 13.8 Å². The van der Waals surface area contributed by atoms with E-state index in [1.54, 1.807) is 4.40 Å². The van der Waals surface area contributed by atoms with Crippen molar-refractivity contribution in [3.63, 3.8) is 0 Å². The van der Waals surface area contributed by atoms with E-state index >= 15 is 0 Å². The third kappa shape index (κ3) is 1.94. The molecule has 108 valence electrons. The predicted molar refractivity (Wildman–Crippen MR) is 88.1 cm³/mol. The summed E-state index contributed by atoms with van der Waals surface area (Å²) < 4.78 is 2.42. The number of pyridine rings is 1. The molecule has 0 atom stereocenters. The van der Waals surface area contributed by atoms with Crippen LogP contribution in [0.1, 0.15) is 16.7 Å². The Bertz CT molecular complexity index is 1110. The summed E-state index contributed by atoms with van der Waals surface area (Å²) in [7, 11) is 0. The van der Waals surface area contributed by atoms with Crippen molar-refractivity contribution in [2.75, 3.05) is 0 Å². The molecule has 0 fully saturated rings. The third-order valence-corrected chi connectivity index (χ3v) is 4.86. The van der Waals surface area contributed by atoms with Gasteiger partial charge in [0.05, 0.1) is 15.6 Å². The second-order valence-corrected chi connectivity index (χ2v) is 6.41. The maximum atomic E-state index is 12.7. The number of benzene rings is 1. The standard InChI is InChI=1S/C17H13N3OS/c1-10-7-13-14(8-11(10)2)20-16(21)15(22-17(20)19-13)9-12-3-5-18-6-4-12/h3-9H,1-2H3/p+1. The van der Waals surface area contributed by atoms with Gasteiger partial charge in [-0.25, -0.2) is 14.4 Å². The third-order valence-electron chi connectivity index (χ3n) is 3.90. The van der Waals surface area contributed by atoms with Crippen molar-refractivity contribution >= 4 is 33.4 Å². The Labute approximate surface area is 130 Å². The summed E-state index contributed by atoms with van der Waals surface area (Å²) >= 11 is 1.43. The summed E-state index contributed by atoms with van der Waals surface area (Å²) in [5, 5.41) is 0. The molecule has 0 aliphatic carbocycles. The highest BCUT2D eigenvalue weighted by Gasteiger charge is 2.12. The monoisotopic (exact) mass is 308 g/mol. The topological polar surface area (TPSA) is 48.5 Å². The Hall–Kier alpha value is -2.53. The van der Waals surface area contributed by atoms with Gasteiger partial charge in [0.25, 0.3) is 5.56 Å². The SMILES string of the molecule is Cc1cc2nc3sc(=Cc4cc[nH+]cc4)c(=O)n3c2cc1C. The Morgan fingerprint density at radius 2 is 1.91 bits per heavy atom. The molecule has 4 nitrogen and oxygen atoms in total. The van der Waals surface area contributed by atoms with Crippen LogP contribution in [0.15, 0.2) is 41.5 Å². The van der Waals surface area contributed by atoms with Gasteiger partial charge in [-0.1, -0.05) is 11.3 Å². The van der Waals surface area contributed by atoms with Gasteiger partial charge in [-0.3, -0.25) is 4.79 Å². The molecule has 0 saturated carbocycles. The molecule has 3 heterocycles. The summed E-state index contributed by atoms with van der Waals surface area (Å²) in [6.07, 6.45) is 5.59. The molecule has 0 saturated heterocycles. The van der Waals surface area contributed by atoms with Gasteiger partial charge in [0, 0.05) is 12.1 Å². The van der Waals surface area contributed by atoms with Crippen LogP contribution in [0.2, 0.25) is 0 Å². The first-order chi connectivity index (χ1) is 10.6. The van der Waals surface area contributed by atoms with Gasteiger partial charge in [0.2, 0.25) is 0 Å². The highest BCUT2D eigenvalue weighted by Crippen LogP contribution is 2.20. The van der Waals surface area contributed by atoms with E-state index in [0.717, 1.165) is 21.6 Å². The molecule has 0 aliphatic rings. The Morgan fingerprint density at radius 1 is 1.18 bits per heavy atom. The summed E-state index contributed by atoms with van der Waals surface area (Å²) in [6, 6.07) is 7.96. The number of aromatic amines is 1. The maximum absolute atomic E-state index is 12.7. The number of thiazole rings is 1. The van der Waals surface area contributed by atoms with Gasteiger partial charge in [-0.15, -0.1) is 0 Å². The molecule has 0 bridgehead atoms. The number of nitrogens with zero attached hydrogens (tertiary/aromatic N) is 2. The molecule has 1 N–H and O–H groups in total. The van der Waals surface area contributed by atoms with Gasteiger partial charge >= 0.3 is 0 Å². The zero-order chi connectivity index (χ0) is 15.3. The van der Waals surface area contributed by atoms with E-state index < -0.39 is 0 Å². The molecular formula is C17H14N3OS+. The number of imidazole rings is 1. The minimum Gasteiger partial charge on any atom is -0.267 e. The van der Waals surface area contributed by atoms with E-state index in [4.69, 9.17) is 0 Å². The highest BCUT2D eigenvalue weighted by atomic mass is 32.1. The van der Waals surface area contributed by atoms with Crippen LogP contribution >= 0.6 is 11.3 Å². The molecule has 5 heteroatoms. The number of fused-ring (bicyclic) bond motifs is 3. The Morgan fingerprint density at radius 3 is 2.68 bits per heavy atom. The van der Waals surface area contributed by atoms with Crippen molar-refractivity contribution in [1.82, 2.24) is 9.38 Å². The van der Waals surface area contributed by atoms with E-state index in [-0.39, 0.29) is 5.56 Å². The molecule has 0 unspecified atom stereocenters. The average molecular weight is 308 g/mol. The van der Waals surface area contributed by atoms with Crippen molar-refractivity contribution in [1.29, 1.82) is 0 Å². The molecular weight excluding hydrogens is 294 g/mol. The average Bonchev–Trinajstić information content (AvgIpc) is 2.98. The Balaban J connectivity index is 2.05. The van der Waals surface area contributed by atoms with Crippen molar-refractivity contribution in [2.24, 2.45) is 0 Å². The second-order valence-electron chi connectivity index (χ2n) is 5.40. The normalized spacial score (nSPS) is 12.5. The van der Waals surface area contributed by atoms with E-state index in [1.807, 2.05) is 42.7 Å². The predicted octanol–water partition coefficient (Wildman–Crippen LogP) is 1.89. The second kappa shape index (κ2) is 4.74. The van der Waals surface area contributed by atoms with Crippen LogP contribution in [0.3, 0.4) is 0 Å². The van der Waals surface area contributed by atoms with E-state index in [1.165, 1.54) is 22.5 Å². The Kier molecular flexibility index (Phi) is 2.84. The summed E-state index contributed by atoms with van der Waals surface area (Å²) in [4.78, 5) is 21.0. The lowest BCUT2D eigenvalue weighted by molar-refractivity contribution is -0.378. The van der Waals surface area contributed by atoms with Crippen LogP contribution in [0.25, 0.3) is 22.1 Å². The highest BCUT2D eigenvalue weighted by molar-refractivity contribution is 7.15. The van der Waals surface area contributed by atoms with E-state index in [9.17, 15) is 4.79 Å². The number of hydrogen-bond donors (Lipinski definition) is 0. The fourth-order valence-corrected chi connectivity index (χ4v) is 3.55. The maximum Gasteiger partial charge on any atom is 0.274 e. The largest absolute Gasteiger partial charge is 0.274 e. The minimum atomic E-state index is -0.00131. The number of aromatic nitrogens is 3. The van der Waals surface area contributed by atoms with Gasteiger partial charge in [-0.05, 0) is 48.7 Å². The van der Waals surface area contributed by atoms with Crippen LogP contribution < -0.4 is 15.1 Å². The van der Waals surface area contributed by atoms with Gasteiger partial charge in [0.1, 0.15) is 0 Å². The van der Waals surface area contributed by atoms with Crippen LogP contribution in [-0.4, -0.2) is 9.38 Å². The number of nitrogens with one attached hydrogen (secondary N) is 1. The molecule has 0 radical (unpaired) electrons. The van der Waals surface area contributed by atoms with Gasteiger partial charge in [-0.2, -0.15) is 0 Å². The van der Waals surface area contributed by atoms with E-state index in [0.29, 0.717) is 4.53 Å². The first kappa shape index (κ1) is 13.2. The molecule has 0 spiro atoms. The summed E-state index contributed by atoms with van der Waals surface area (Å²) in [6.45, 7) is 4.12. The molecule has 0 amide bonds. The lowest BCUT2D eigenvalue weighted by Gasteiger charge is -1.98. The van der Waals surface area contributed by atoms with E-state index in [2.05, 4.69) is 23.8 Å². The fraction of sp³-hybridized carbons (Fsp3) is 0.118.